The fourth-order valence-corrected chi connectivity index (χ4v) is 3.54. The van der Waals surface area contributed by atoms with Gasteiger partial charge in [0.2, 0.25) is 0 Å². The van der Waals surface area contributed by atoms with E-state index in [1.807, 2.05) is 24.3 Å². The highest BCUT2D eigenvalue weighted by molar-refractivity contribution is 7.15. The number of benzene rings is 1. The van der Waals surface area contributed by atoms with E-state index in [0.717, 1.165) is 48.2 Å². The number of ether oxygens (including phenoxy) is 1. The Bertz CT molecular complexity index is 773. The average Bonchev–Trinajstić information content (AvgIpc) is 3.08. The zero-order valence-corrected chi connectivity index (χ0v) is 12.3. The van der Waals surface area contributed by atoms with Crippen LogP contribution in [0.15, 0.2) is 35.8 Å². The third-order valence-corrected chi connectivity index (χ3v) is 4.59. The molecule has 0 radical (unpaired) electrons. The van der Waals surface area contributed by atoms with Crippen LogP contribution in [0.3, 0.4) is 0 Å². The zero-order chi connectivity index (χ0) is 14.2. The van der Waals surface area contributed by atoms with E-state index < -0.39 is 0 Å². The van der Waals surface area contributed by atoms with Crippen LogP contribution in [0.2, 0.25) is 0 Å². The number of rotatable bonds is 2. The molecular weight excluding hydrogens is 284 g/mol. The summed E-state index contributed by atoms with van der Waals surface area (Å²) in [6.07, 6.45) is 2.07. The van der Waals surface area contributed by atoms with Crippen LogP contribution < -0.4 is 10.6 Å². The summed E-state index contributed by atoms with van der Waals surface area (Å²) in [5.74, 6) is 1.19. The molecule has 3 heterocycles. The standard InChI is InChI=1S/C15H16N4OS/c16-12-4-2-1-3-11(12)13-9-19-14(10-21-15(19)17-13)18-5-7-20-8-6-18/h1-4,9-10H,5-8,16H2. The molecule has 0 saturated carbocycles. The summed E-state index contributed by atoms with van der Waals surface area (Å²) in [5.41, 5.74) is 8.72. The second-order valence-corrected chi connectivity index (χ2v) is 5.90. The van der Waals surface area contributed by atoms with Crippen molar-refractivity contribution >= 4 is 27.8 Å². The topological polar surface area (TPSA) is 55.8 Å². The minimum Gasteiger partial charge on any atom is -0.398 e. The lowest BCUT2D eigenvalue weighted by molar-refractivity contribution is 0.122. The molecule has 0 aliphatic carbocycles. The first-order chi connectivity index (χ1) is 10.3. The third kappa shape index (κ3) is 2.16. The first kappa shape index (κ1) is 12.7. The maximum absolute atomic E-state index is 6.05. The summed E-state index contributed by atoms with van der Waals surface area (Å²) in [4.78, 5) is 8.04. The SMILES string of the molecule is Nc1ccccc1-c1cn2c(N3CCOCC3)csc2n1. The van der Waals surface area contributed by atoms with Crippen molar-refractivity contribution in [2.24, 2.45) is 0 Å². The Hall–Kier alpha value is -2.05. The van der Waals surface area contributed by atoms with Crippen LogP contribution in [-0.2, 0) is 4.74 Å². The van der Waals surface area contributed by atoms with E-state index in [2.05, 4.69) is 20.9 Å². The van der Waals surface area contributed by atoms with Gasteiger partial charge in [0.1, 0.15) is 5.82 Å². The van der Waals surface area contributed by atoms with E-state index in [9.17, 15) is 0 Å². The van der Waals surface area contributed by atoms with Crippen LogP contribution in [0.1, 0.15) is 0 Å². The zero-order valence-electron chi connectivity index (χ0n) is 11.5. The van der Waals surface area contributed by atoms with Crippen molar-refractivity contribution in [1.82, 2.24) is 9.38 Å². The second-order valence-electron chi connectivity index (χ2n) is 5.06. The number of nitrogens with zero attached hydrogens (tertiary/aromatic N) is 3. The van der Waals surface area contributed by atoms with E-state index in [1.54, 1.807) is 11.3 Å². The number of nitrogens with two attached hydrogens (primary N) is 1. The number of morpholine rings is 1. The number of hydrogen-bond acceptors (Lipinski definition) is 5. The smallest absolute Gasteiger partial charge is 0.195 e. The van der Waals surface area contributed by atoms with Crippen molar-refractivity contribution in [3.8, 4) is 11.3 Å². The molecule has 21 heavy (non-hydrogen) atoms. The molecule has 1 aliphatic rings. The van der Waals surface area contributed by atoms with Gasteiger partial charge in [-0.05, 0) is 6.07 Å². The molecule has 2 aromatic heterocycles. The van der Waals surface area contributed by atoms with Gasteiger partial charge in [-0.3, -0.25) is 4.40 Å². The molecule has 1 saturated heterocycles. The minimum atomic E-state index is 0.760. The summed E-state index contributed by atoms with van der Waals surface area (Å²) < 4.78 is 7.57. The Morgan fingerprint density at radius 3 is 2.81 bits per heavy atom. The van der Waals surface area contributed by atoms with Crippen LogP contribution in [0.5, 0.6) is 0 Å². The molecule has 108 valence electrons. The summed E-state index contributed by atoms with van der Waals surface area (Å²) >= 11 is 1.66. The quantitative estimate of drug-likeness (QED) is 0.739. The number of anilines is 2. The molecule has 6 heteroatoms. The molecule has 1 aromatic carbocycles. The van der Waals surface area contributed by atoms with Gasteiger partial charge in [0.25, 0.3) is 0 Å². The van der Waals surface area contributed by atoms with E-state index in [0.29, 0.717) is 0 Å². The molecule has 2 N–H and O–H groups in total. The van der Waals surface area contributed by atoms with Crippen molar-refractivity contribution in [2.45, 2.75) is 0 Å². The van der Waals surface area contributed by atoms with E-state index in [1.165, 1.54) is 5.82 Å². The van der Waals surface area contributed by atoms with Gasteiger partial charge in [0.05, 0.1) is 18.9 Å². The van der Waals surface area contributed by atoms with Crippen LogP contribution in [0.4, 0.5) is 11.5 Å². The molecule has 0 amide bonds. The van der Waals surface area contributed by atoms with Gasteiger partial charge in [-0.1, -0.05) is 18.2 Å². The molecular formula is C15H16N4OS. The Kier molecular flexibility index (Phi) is 3.05. The van der Waals surface area contributed by atoms with Crippen molar-refractivity contribution in [3.63, 3.8) is 0 Å². The van der Waals surface area contributed by atoms with E-state index >= 15 is 0 Å². The lowest BCUT2D eigenvalue weighted by Gasteiger charge is -2.27. The predicted molar refractivity (Wildman–Crippen MR) is 85.9 cm³/mol. The molecule has 5 nitrogen and oxygen atoms in total. The number of para-hydroxylation sites is 1. The van der Waals surface area contributed by atoms with Crippen molar-refractivity contribution < 1.29 is 4.74 Å². The van der Waals surface area contributed by atoms with Crippen LogP contribution in [0, 0.1) is 0 Å². The van der Waals surface area contributed by atoms with Gasteiger partial charge in [-0.2, -0.15) is 0 Å². The number of nitrogen functional groups attached to an aromatic ring is 1. The lowest BCUT2D eigenvalue weighted by Crippen LogP contribution is -2.36. The van der Waals surface area contributed by atoms with Crippen molar-refractivity contribution in [2.75, 3.05) is 36.9 Å². The van der Waals surface area contributed by atoms with Crippen LogP contribution in [-0.4, -0.2) is 35.7 Å². The highest BCUT2D eigenvalue weighted by Crippen LogP contribution is 2.30. The molecule has 0 atom stereocenters. The molecule has 0 bridgehead atoms. The number of fused-ring (bicyclic) bond motifs is 1. The molecule has 3 aromatic rings. The summed E-state index contributed by atoms with van der Waals surface area (Å²) in [7, 11) is 0. The number of thiazole rings is 1. The Labute approximate surface area is 126 Å². The van der Waals surface area contributed by atoms with E-state index in [4.69, 9.17) is 15.5 Å². The highest BCUT2D eigenvalue weighted by atomic mass is 32.1. The van der Waals surface area contributed by atoms with Gasteiger partial charge in [0.15, 0.2) is 4.96 Å². The third-order valence-electron chi connectivity index (χ3n) is 3.76. The maximum Gasteiger partial charge on any atom is 0.195 e. The summed E-state index contributed by atoms with van der Waals surface area (Å²) in [6, 6.07) is 7.85. The first-order valence-electron chi connectivity index (χ1n) is 6.97. The van der Waals surface area contributed by atoms with Gasteiger partial charge >= 0.3 is 0 Å². The Balaban J connectivity index is 1.77. The van der Waals surface area contributed by atoms with Gasteiger partial charge in [-0.15, -0.1) is 11.3 Å². The normalized spacial score (nSPS) is 15.7. The summed E-state index contributed by atoms with van der Waals surface area (Å²) in [5, 5.41) is 2.16. The molecule has 1 fully saturated rings. The average molecular weight is 300 g/mol. The van der Waals surface area contributed by atoms with Gasteiger partial charge < -0.3 is 15.4 Å². The Morgan fingerprint density at radius 2 is 2.00 bits per heavy atom. The second kappa shape index (κ2) is 5.05. The molecule has 0 unspecified atom stereocenters. The largest absolute Gasteiger partial charge is 0.398 e. The molecule has 0 spiro atoms. The molecule has 4 rings (SSSR count). The van der Waals surface area contributed by atoms with Crippen LogP contribution in [0.25, 0.3) is 16.2 Å². The molecule has 1 aliphatic heterocycles. The maximum atomic E-state index is 6.05. The highest BCUT2D eigenvalue weighted by Gasteiger charge is 2.17. The van der Waals surface area contributed by atoms with Gasteiger partial charge in [0, 0.05) is 35.9 Å². The lowest BCUT2D eigenvalue weighted by atomic mass is 10.1. The fraction of sp³-hybridized carbons (Fsp3) is 0.267. The number of hydrogen-bond donors (Lipinski definition) is 1. The van der Waals surface area contributed by atoms with Crippen LogP contribution >= 0.6 is 11.3 Å². The first-order valence-corrected chi connectivity index (χ1v) is 7.85. The number of imidazole rings is 1. The monoisotopic (exact) mass is 300 g/mol. The number of aromatic nitrogens is 2. The summed E-state index contributed by atoms with van der Waals surface area (Å²) in [6.45, 7) is 3.41. The van der Waals surface area contributed by atoms with E-state index in [-0.39, 0.29) is 0 Å². The van der Waals surface area contributed by atoms with Crippen molar-refractivity contribution in [1.29, 1.82) is 0 Å². The Morgan fingerprint density at radius 1 is 1.19 bits per heavy atom. The predicted octanol–water partition coefficient (Wildman–Crippen LogP) is 2.48. The minimum absolute atomic E-state index is 0.760. The van der Waals surface area contributed by atoms with Crippen molar-refractivity contribution in [3.05, 3.63) is 35.8 Å². The van der Waals surface area contributed by atoms with Gasteiger partial charge in [-0.25, -0.2) is 4.98 Å². The fourth-order valence-electron chi connectivity index (χ4n) is 2.65.